The van der Waals surface area contributed by atoms with Crippen LogP contribution in [0.1, 0.15) is 24.3 Å². The Morgan fingerprint density at radius 3 is 2.43 bits per heavy atom. The fourth-order valence-corrected chi connectivity index (χ4v) is 3.82. The number of carbonyl (C=O) groups is 2. The molecule has 178 valence electrons. The molecule has 0 fully saturated rings. The first-order valence-corrected chi connectivity index (χ1v) is 11.0. The quantitative estimate of drug-likeness (QED) is 0.214. The van der Waals surface area contributed by atoms with E-state index in [1.54, 1.807) is 50.2 Å². The molecule has 1 heterocycles. The van der Waals surface area contributed by atoms with Crippen molar-refractivity contribution in [2.75, 3.05) is 5.32 Å². The van der Waals surface area contributed by atoms with E-state index in [9.17, 15) is 9.59 Å². The van der Waals surface area contributed by atoms with E-state index in [1.807, 2.05) is 36.4 Å². The zero-order chi connectivity index (χ0) is 24.9. The van der Waals surface area contributed by atoms with Crippen molar-refractivity contribution in [1.82, 2.24) is 5.16 Å². The van der Waals surface area contributed by atoms with Crippen molar-refractivity contribution in [2.24, 2.45) is 0 Å². The highest BCUT2D eigenvalue weighted by Crippen LogP contribution is 2.34. The summed E-state index contributed by atoms with van der Waals surface area (Å²) in [6.07, 6.45) is -2.61. The van der Waals surface area contributed by atoms with Crippen molar-refractivity contribution in [3.63, 3.8) is 0 Å². The van der Waals surface area contributed by atoms with Gasteiger partial charge in [-0.1, -0.05) is 71.4 Å². The Morgan fingerprint density at radius 2 is 1.71 bits per heavy atom. The molecule has 1 unspecified atom stereocenters. The van der Waals surface area contributed by atoms with Crippen LogP contribution in [0.5, 0.6) is 5.75 Å². The van der Waals surface area contributed by atoms with Gasteiger partial charge < -0.3 is 19.1 Å². The molecule has 4 rings (SSSR count). The number of amides is 1. The third-order valence-corrected chi connectivity index (χ3v) is 5.58. The summed E-state index contributed by atoms with van der Waals surface area (Å²) in [5.41, 5.74) is 3.88. The van der Waals surface area contributed by atoms with Crippen molar-refractivity contribution >= 4 is 29.5 Å². The van der Waals surface area contributed by atoms with Crippen LogP contribution >= 0.6 is 11.6 Å². The van der Waals surface area contributed by atoms with E-state index in [-0.39, 0.29) is 5.75 Å². The van der Waals surface area contributed by atoms with Crippen molar-refractivity contribution in [3.8, 4) is 28.2 Å². The Kier molecular flexibility index (Phi) is 7.03. The Balaban J connectivity index is 1.51. The first kappa shape index (κ1) is 23.8. The van der Waals surface area contributed by atoms with Crippen LogP contribution in [0.2, 0.25) is 5.02 Å². The lowest BCUT2D eigenvalue weighted by molar-refractivity contribution is 0.121. The summed E-state index contributed by atoms with van der Waals surface area (Å²) in [5.74, 6) is 0.598. The Morgan fingerprint density at radius 1 is 1.00 bits per heavy atom. The fraction of sp³-hybridized carbons (Fsp3) is 0.115. The zero-order valence-electron chi connectivity index (χ0n) is 18.8. The molecule has 0 spiro atoms. The van der Waals surface area contributed by atoms with Gasteiger partial charge in [0, 0.05) is 16.1 Å². The van der Waals surface area contributed by atoms with Gasteiger partial charge in [0.25, 0.3) is 0 Å². The second kappa shape index (κ2) is 10.3. The van der Waals surface area contributed by atoms with Crippen LogP contribution in [-0.2, 0) is 4.74 Å². The molecular formula is C26H21ClN2O6. The summed E-state index contributed by atoms with van der Waals surface area (Å²) >= 11 is 6.19. The number of halogens is 1. The minimum Gasteiger partial charge on any atom is -0.449 e. The normalized spacial score (nSPS) is 11.5. The van der Waals surface area contributed by atoms with E-state index >= 15 is 0 Å². The number of nitrogens with one attached hydrogen (secondary N) is 1. The summed E-state index contributed by atoms with van der Waals surface area (Å²) in [4.78, 5) is 23.4. The first-order valence-electron chi connectivity index (χ1n) is 10.6. The lowest BCUT2D eigenvalue weighted by Gasteiger charge is -2.15. The average molecular weight is 493 g/mol. The molecule has 35 heavy (non-hydrogen) atoms. The molecular weight excluding hydrogens is 472 g/mol. The minimum atomic E-state index is -1.38. The molecule has 1 atom stereocenters. The molecule has 3 aromatic carbocycles. The molecule has 4 aromatic rings. The molecule has 2 N–H and O–H groups in total. The molecule has 0 bridgehead atoms. The molecule has 1 amide bonds. The number of aromatic nitrogens is 1. The molecule has 8 nitrogen and oxygen atoms in total. The summed E-state index contributed by atoms with van der Waals surface area (Å²) < 4.78 is 15.7. The SMILES string of the molecule is Cc1noc(-c2ccc(-c3cccc(OC(=O)O)c3)cc2)c1NC(=O)OC(C)c1ccccc1Cl. The van der Waals surface area contributed by atoms with Crippen LogP contribution in [0.25, 0.3) is 22.5 Å². The number of hydrogen-bond donors (Lipinski definition) is 2. The zero-order valence-corrected chi connectivity index (χ0v) is 19.6. The van der Waals surface area contributed by atoms with Gasteiger partial charge in [0.05, 0.1) is 0 Å². The van der Waals surface area contributed by atoms with E-state index in [0.717, 1.165) is 11.1 Å². The topological polar surface area (TPSA) is 111 Å². The third-order valence-electron chi connectivity index (χ3n) is 5.24. The first-order chi connectivity index (χ1) is 16.8. The van der Waals surface area contributed by atoms with Crippen LogP contribution in [0.3, 0.4) is 0 Å². The highest BCUT2D eigenvalue weighted by Gasteiger charge is 2.20. The predicted octanol–water partition coefficient (Wildman–Crippen LogP) is 7.34. The lowest BCUT2D eigenvalue weighted by atomic mass is 10.0. The van der Waals surface area contributed by atoms with Gasteiger partial charge in [-0.2, -0.15) is 0 Å². The number of benzene rings is 3. The Bertz CT molecular complexity index is 1370. The van der Waals surface area contributed by atoms with Gasteiger partial charge >= 0.3 is 12.2 Å². The molecule has 9 heteroatoms. The second-order valence-corrected chi connectivity index (χ2v) is 8.05. The maximum Gasteiger partial charge on any atom is 0.511 e. The summed E-state index contributed by atoms with van der Waals surface area (Å²) in [5, 5.41) is 16.0. The number of anilines is 1. The monoisotopic (exact) mass is 492 g/mol. The van der Waals surface area contributed by atoms with E-state index in [4.69, 9.17) is 30.7 Å². The van der Waals surface area contributed by atoms with Crippen LogP contribution in [0.4, 0.5) is 15.3 Å². The van der Waals surface area contributed by atoms with Crippen LogP contribution in [-0.4, -0.2) is 22.5 Å². The predicted molar refractivity (Wildman–Crippen MR) is 131 cm³/mol. The number of nitrogens with zero attached hydrogens (tertiary/aromatic N) is 1. The number of aryl methyl sites for hydroxylation is 1. The van der Waals surface area contributed by atoms with Crippen LogP contribution in [0.15, 0.2) is 77.3 Å². The molecule has 1 aromatic heterocycles. The number of carboxylic acid groups (broad SMARTS) is 1. The number of carbonyl (C=O) groups excluding carboxylic acids is 1. The molecule has 0 aliphatic rings. The largest absolute Gasteiger partial charge is 0.511 e. The van der Waals surface area contributed by atoms with Crippen molar-refractivity contribution < 1.29 is 28.7 Å². The Hall–Kier alpha value is -4.30. The molecule has 0 saturated heterocycles. The summed E-state index contributed by atoms with van der Waals surface area (Å²) in [7, 11) is 0. The summed E-state index contributed by atoms with van der Waals surface area (Å²) in [6.45, 7) is 3.44. The maximum absolute atomic E-state index is 12.6. The smallest absolute Gasteiger partial charge is 0.449 e. The van der Waals surface area contributed by atoms with Gasteiger partial charge in [-0.05, 0) is 43.2 Å². The molecule has 0 aliphatic carbocycles. The number of rotatable bonds is 6. The second-order valence-electron chi connectivity index (χ2n) is 7.64. The molecule has 0 saturated carbocycles. The fourth-order valence-electron chi connectivity index (χ4n) is 3.53. The Labute approximate surface area is 206 Å². The lowest BCUT2D eigenvalue weighted by Crippen LogP contribution is -2.17. The van der Waals surface area contributed by atoms with E-state index < -0.39 is 18.4 Å². The van der Waals surface area contributed by atoms with Crippen molar-refractivity contribution in [2.45, 2.75) is 20.0 Å². The minimum absolute atomic E-state index is 0.223. The van der Waals surface area contributed by atoms with Gasteiger partial charge in [-0.3, -0.25) is 5.32 Å². The summed E-state index contributed by atoms with van der Waals surface area (Å²) in [6, 6.07) is 21.2. The molecule has 0 radical (unpaired) electrons. The van der Waals surface area contributed by atoms with Gasteiger partial charge in [0.15, 0.2) is 5.76 Å². The highest BCUT2D eigenvalue weighted by atomic mass is 35.5. The van der Waals surface area contributed by atoms with Crippen molar-refractivity contribution in [3.05, 3.63) is 89.1 Å². The average Bonchev–Trinajstić information content (AvgIpc) is 3.19. The van der Waals surface area contributed by atoms with E-state index in [2.05, 4.69) is 10.5 Å². The van der Waals surface area contributed by atoms with Crippen LogP contribution in [0, 0.1) is 6.92 Å². The standard InChI is InChI=1S/C26H21ClN2O6/c1-15-23(28-25(30)33-16(2)21-8-3-4-9-22(21)27)24(35-29-15)18-12-10-17(11-13-18)19-6-5-7-20(14-19)34-26(31)32/h3-14,16H,1-2H3,(H,28,30)(H,31,32). The third kappa shape index (κ3) is 5.62. The number of ether oxygens (including phenoxy) is 2. The van der Waals surface area contributed by atoms with E-state index in [1.165, 1.54) is 0 Å². The van der Waals surface area contributed by atoms with E-state index in [0.29, 0.717) is 33.3 Å². The van der Waals surface area contributed by atoms with Gasteiger partial charge in [-0.15, -0.1) is 0 Å². The van der Waals surface area contributed by atoms with Gasteiger partial charge in [0.2, 0.25) is 0 Å². The molecule has 0 aliphatic heterocycles. The maximum atomic E-state index is 12.6. The van der Waals surface area contributed by atoms with Gasteiger partial charge in [-0.25, -0.2) is 9.59 Å². The number of hydrogen-bond acceptors (Lipinski definition) is 6. The van der Waals surface area contributed by atoms with Crippen LogP contribution < -0.4 is 10.1 Å². The highest BCUT2D eigenvalue weighted by molar-refractivity contribution is 6.31. The van der Waals surface area contributed by atoms with Gasteiger partial charge in [0.1, 0.15) is 23.2 Å². The van der Waals surface area contributed by atoms with Crippen molar-refractivity contribution in [1.29, 1.82) is 0 Å².